The van der Waals surface area contributed by atoms with Crippen LogP contribution in [0, 0.1) is 0 Å². The first-order valence-corrected chi connectivity index (χ1v) is 8.63. The Balaban J connectivity index is 2.16. The molecule has 2 rings (SSSR count). The first-order chi connectivity index (χ1) is 12.2. The molecule has 0 saturated carbocycles. The molecule has 1 heterocycles. The number of rotatable bonds is 4. The molecule has 26 heavy (non-hydrogen) atoms. The molecule has 2 atom stereocenters. The number of likely N-dealkylation sites (tertiary alicyclic amines) is 1. The molecule has 7 nitrogen and oxygen atoms in total. The molecule has 1 fully saturated rings. The van der Waals surface area contributed by atoms with E-state index in [0.717, 1.165) is 5.56 Å². The van der Waals surface area contributed by atoms with E-state index in [1.165, 1.54) is 12.0 Å². The van der Waals surface area contributed by atoms with E-state index in [2.05, 4.69) is 5.32 Å². The Bertz CT molecular complexity index is 654. The Labute approximate surface area is 153 Å². The highest BCUT2D eigenvalue weighted by Crippen LogP contribution is 2.31. The number of carbonyl (C=O) groups excluding carboxylic acids is 3. The summed E-state index contributed by atoms with van der Waals surface area (Å²) in [5, 5.41) is 2.61. The van der Waals surface area contributed by atoms with Crippen LogP contribution in [0.25, 0.3) is 0 Å². The Morgan fingerprint density at radius 3 is 2.42 bits per heavy atom. The Kier molecular flexibility index (Phi) is 6.23. The van der Waals surface area contributed by atoms with Crippen molar-refractivity contribution in [2.45, 2.75) is 51.3 Å². The zero-order valence-corrected chi connectivity index (χ0v) is 15.7. The molecule has 142 valence electrons. The van der Waals surface area contributed by atoms with Gasteiger partial charge in [0.1, 0.15) is 18.2 Å². The summed E-state index contributed by atoms with van der Waals surface area (Å²) in [6, 6.07) is 8.55. The van der Waals surface area contributed by atoms with Gasteiger partial charge in [0, 0.05) is 0 Å². The third-order valence-electron chi connectivity index (χ3n) is 4.09. The van der Waals surface area contributed by atoms with Crippen molar-refractivity contribution in [2.75, 3.05) is 13.7 Å². The van der Waals surface area contributed by atoms with Gasteiger partial charge in [-0.1, -0.05) is 30.3 Å². The lowest BCUT2D eigenvalue weighted by atomic mass is 9.92. The lowest BCUT2D eigenvalue weighted by Crippen LogP contribution is -2.55. The second kappa shape index (κ2) is 8.21. The summed E-state index contributed by atoms with van der Waals surface area (Å²) in [7, 11) is 1.28. The average molecular weight is 362 g/mol. The molecule has 1 saturated heterocycles. The molecule has 1 aliphatic rings. The minimum atomic E-state index is -0.727. The van der Waals surface area contributed by atoms with Crippen molar-refractivity contribution >= 4 is 18.0 Å². The molecule has 0 unspecified atom stereocenters. The van der Waals surface area contributed by atoms with Crippen molar-refractivity contribution in [3.63, 3.8) is 0 Å². The van der Waals surface area contributed by atoms with Gasteiger partial charge in [-0.15, -0.1) is 0 Å². The third kappa shape index (κ3) is 5.21. The second-order valence-corrected chi connectivity index (χ2v) is 7.24. The molecule has 1 aliphatic heterocycles. The van der Waals surface area contributed by atoms with Crippen LogP contribution in [0.15, 0.2) is 30.3 Å². The fourth-order valence-corrected chi connectivity index (χ4v) is 2.95. The van der Waals surface area contributed by atoms with Gasteiger partial charge in [-0.3, -0.25) is 9.59 Å². The van der Waals surface area contributed by atoms with Crippen molar-refractivity contribution in [2.24, 2.45) is 0 Å². The van der Waals surface area contributed by atoms with Gasteiger partial charge in [-0.25, -0.2) is 4.79 Å². The molecular formula is C19H26N2O5. The maximum Gasteiger partial charge on any atom is 0.408 e. The second-order valence-electron chi connectivity index (χ2n) is 7.24. The van der Waals surface area contributed by atoms with E-state index in [1.54, 1.807) is 20.8 Å². The molecule has 0 aromatic heterocycles. The van der Waals surface area contributed by atoms with Crippen molar-refractivity contribution in [1.29, 1.82) is 0 Å². The molecule has 0 bridgehead atoms. The molecule has 0 radical (unpaired) electrons. The predicted molar refractivity (Wildman–Crippen MR) is 95.3 cm³/mol. The summed E-state index contributed by atoms with van der Waals surface area (Å²) in [6.45, 7) is 5.10. The molecule has 2 amide bonds. The molecule has 0 spiro atoms. The highest BCUT2D eigenvalue weighted by molar-refractivity contribution is 5.89. The van der Waals surface area contributed by atoms with Gasteiger partial charge in [0.2, 0.25) is 5.91 Å². The number of methoxy groups -OCH3 is 1. The molecule has 1 N–H and O–H groups in total. The number of benzene rings is 1. The first kappa shape index (κ1) is 19.8. The Hall–Kier alpha value is -2.57. The standard InChI is InChI=1S/C19H26N2O5/c1-19(2,3)26-18(24)20-14-10-11-15(13-8-6-5-7-9-13)21(17(14)23)12-16(22)25-4/h5-9,14-15H,10-12H2,1-4H3,(H,20,24)/t14-,15+/m1/s1. The lowest BCUT2D eigenvalue weighted by molar-refractivity contribution is -0.151. The summed E-state index contributed by atoms with van der Waals surface area (Å²) in [4.78, 5) is 38.2. The van der Waals surface area contributed by atoms with Crippen LogP contribution in [0.1, 0.15) is 45.2 Å². The van der Waals surface area contributed by atoms with E-state index in [1.807, 2.05) is 30.3 Å². The van der Waals surface area contributed by atoms with Crippen LogP contribution in [0.3, 0.4) is 0 Å². The first-order valence-electron chi connectivity index (χ1n) is 8.63. The number of amides is 2. The SMILES string of the molecule is COC(=O)CN1C(=O)[C@H](NC(=O)OC(C)(C)C)CC[C@H]1c1ccccc1. The van der Waals surface area contributed by atoms with Gasteiger partial charge in [-0.05, 0) is 39.2 Å². The predicted octanol–water partition coefficient (Wildman–Crippen LogP) is 2.42. The molecule has 1 aromatic rings. The topological polar surface area (TPSA) is 84.9 Å². The van der Waals surface area contributed by atoms with Crippen LogP contribution < -0.4 is 5.32 Å². The number of esters is 1. The monoisotopic (exact) mass is 362 g/mol. The third-order valence-corrected chi connectivity index (χ3v) is 4.09. The molecule has 1 aromatic carbocycles. The van der Waals surface area contributed by atoms with Gasteiger partial charge in [0.15, 0.2) is 0 Å². The number of hydrogen-bond acceptors (Lipinski definition) is 5. The average Bonchev–Trinajstić information content (AvgIpc) is 2.57. The Morgan fingerprint density at radius 2 is 1.85 bits per heavy atom. The largest absolute Gasteiger partial charge is 0.468 e. The minimum absolute atomic E-state index is 0.165. The number of nitrogens with one attached hydrogen (secondary N) is 1. The highest BCUT2D eigenvalue weighted by atomic mass is 16.6. The van der Waals surface area contributed by atoms with Gasteiger partial charge in [0.25, 0.3) is 0 Å². The molecule has 0 aliphatic carbocycles. The van der Waals surface area contributed by atoms with Gasteiger partial charge in [-0.2, -0.15) is 0 Å². The van der Waals surface area contributed by atoms with Crippen LogP contribution in [-0.4, -0.2) is 48.2 Å². The fourth-order valence-electron chi connectivity index (χ4n) is 2.95. The zero-order valence-electron chi connectivity index (χ0n) is 15.7. The van der Waals surface area contributed by atoms with Crippen molar-refractivity contribution < 1.29 is 23.9 Å². The Morgan fingerprint density at radius 1 is 1.19 bits per heavy atom. The van der Waals surface area contributed by atoms with E-state index in [4.69, 9.17) is 9.47 Å². The van der Waals surface area contributed by atoms with Crippen molar-refractivity contribution in [3.05, 3.63) is 35.9 Å². The number of hydrogen-bond donors (Lipinski definition) is 1. The van der Waals surface area contributed by atoms with E-state index in [0.29, 0.717) is 12.8 Å². The summed E-state index contributed by atoms with van der Waals surface area (Å²) < 4.78 is 9.95. The van der Waals surface area contributed by atoms with Crippen LogP contribution in [-0.2, 0) is 19.1 Å². The highest BCUT2D eigenvalue weighted by Gasteiger charge is 2.38. The van der Waals surface area contributed by atoms with E-state index in [-0.39, 0.29) is 18.5 Å². The number of carbonyl (C=O) groups is 3. The van der Waals surface area contributed by atoms with Crippen LogP contribution in [0.4, 0.5) is 4.79 Å². The van der Waals surface area contributed by atoms with Gasteiger partial charge >= 0.3 is 12.1 Å². The lowest BCUT2D eigenvalue weighted by Gasteiger charge is -2.39. The smallest absolute Gasteiger partial charge is 0.408 e. The van der Waals surface area contributed by atoms with Crippen molar-refractivity contribution in [1.82, 2.24) is 10.2 Å². The number of piperidine rings is 1. The number of ether oxygens (including phenoxy) is 2. The normalized spacial score (nSPS) is 20.5. The summed E-state index contributed by atoms with van der Waals surface area (Å²) in [6.07, 6.45) is 0.440. The maximum atomic E-state index is 12.9. The quantitative estimate of drug-likeness (QED) is 0.832. The molecular weight excluding hydrogens is 336 g/mol. The summed E-state index contributed by atoms with van der Waals surface area (Å²) in [5.74, 6) is -0.821. The molecule has 7 heteroatoms. The summed E-state index contributed by atoms with van der Waals surface area (Å²) in [5.41, 5.74) is 0.292. The maximum absolute atomic E-state index is 12.9. The fraction of sp³-hybridized carbons (Fsp3) is 0.526. The van der Waals surface area contributed by atoms with Crippen LogP contribution in [0.2, 0.25) is 0 Å². The van der Waals surface area contributed by atoms with Crippen LogP contribution in [0.5, 0.6) is 0 Å². The van der Waals surface area contributed by atoms with Crippen LogP contribution >= 0.6 is 0 Å². The van der Waals surface area contributed by atoms with E-state index < -0.39 is 23.7 Å². The minimum Gasteiger partial charge on any atom is -0.468 e. The van der Waals surface area contributed by atoms with E-state index >= 15 is 0 Å². The zero-order chi connectivity index (χ0) is 19.3. The van der Waals surface area contributed by atoms with Gasteiger partial charge in [0.05, 0.1) is 13.2 Å². The summed E-state index contributed by atoms with van der Waals surface area (Å²) >= 11 is 0. The van der Waals surface area contributed by atoms with Crippen molar-refractivity contribution in [3.8, 4) is 0 Å². The van der Waals surface area contributed by atoms with E-state index in [9.17, 15) is 14.4 Å². The van der Waals surface area contributed by atoms with Gasteiger partial charge < -0.3 is 19.7 Å². The number of alkyl carbamates (subject to hydrolysis) is 1. The number of nitrogens with zero attached hydrogens (tertiary/aromatic N) is 1.